The molecule has 0 amide bonds. The quantitative estimate of drug-likeness (QED) is 0.493. The Bertz CT molecular complexity index is 831. The van der Waals surface area contributed by atoms with E-state index in [1.165, 1.54) is 5.56 Å². The van der Waals surface area contributed by atoms with Crippen molar-refractivity contribution in [2.24, 2.45) is 0 Å². The molecule has 0 heterocycles. The van der Waals surface area contributed by atoms with Crippen LogP contribution in [0, 0.1) is 6.92 Å². The van der Waals surface area contributed by atoms with Gasteiger partial charge in [-0.1, -0.05) is 54.1 Å². The summed E-state index contributed by atoms with van der Waals surface area (Å²) in [5.74, 6) is 1.64. The average Bonchev–Trinajstić information content (AvgIpc) is 2.73. The lowest BCUT2D eigenvalue weighted by Crippen LogP contribution is -2.35. The monoisotopic (exact) mass is 376 g/mol. The smallest absolute Gasteiger partial charge is 0.144 e. The van der Waals surface area contributed by atoms with E-state index in [4.69, 9.17) is 14.2 Å². The van der Waals surface area contributed by atoms with E-state index >= 15 is 0 Å². The predicted octanol–water partition coefficient (Wildman–Crippen LogP) is 5.73. The van der Waals surface area contributed by atoms with Gasteiger partial charge in [-0.2, -0.15) is 0 Å². The van der Waals surface area contributed by atoms with Crippen LogP contribution in [-0.2, 0) is 10.3 Å². The Balaban J connectivity index is 2.27. The topological polar surface area (TPSA) is 27.7 Å². The Kier molecular flexibility index (Phi) is 6.05. The molecule has 0 spiro atoms. The van der Waals surface area contributed by atoms with Gasteiger partial charge in [-0.05, 0) is 61.7 Å². The zero-order valence-electron chi connectivity index (χ0n) is 17.2. The second-order valence-electron chi connectivity index (χ2n) is 7.17. The third kappa shape index (κ3) is 3.90. The van der Waals surface area contributed by atoms with E-state index in [2.05, 4.69) is 69.3 Å². The lowest BCUT2D eigenvalue weighted by molar-refractivity contribution is -0.0293. The van der Waals surface area contributed by atoms with Crippen LogP contribution in [0.15, 0.2) is 72.8 Å². The van der Waals surface area contributed by atoms with Crippen LogP contribution in [0.1, 0.15) is 36.1 Å². The van der Waals surface area contributed by atoms with Crippen molar-refractivity contribution in [3.63, 3.8) is 0 Å². The summed E-state index contributed by atoms with van der Waals surface area (Å²) in [7, 11) is 3.35. The normalized spacial score (nSPS) is 11.5. The van der Waals surface area contributed by atoms with Crippen LogP contribution >= 0.6 is 0 Å². The molecule has 0 saturated carbocycles. The first-order valence-corrected chi connectivity index (χ1v) is 9.53. The molecule has 146 valence electrons. The SMILES string of the molecule is COc1ccc(C(OC(C)C)(c2ccc(C)cc2)c2ccc(OC)cc2)cc1. The van der Waals surface area contributed by atoms with Gasteiger partial charge in [0.1, 0.15) is 17.1 Å². The van der Waals surface area contributed by atoms with Crippen molar-refractivity contribution in [3.05, 3.63) is 95.1 Å². The minimum absolute atomic E-state index is 0.0190. The fourth-order valence-electron chi connectivity index (χ4n) is 3.50. The standard InChI is InChI=1S/C25H28O3/c1-18(2)28-25(20-8-6-19(3)7-9-20,21-10-14-23(26-4)15-11-21)22-12-16-24(27-5)17-13-22/h6-18H,1-5H3. The van der Waals surface area contributed by atoms with Gasteiger partial charge in [0.2, 0.25) is 0 Å². The lowest BCUT2D eigenvalue weighted by Gasteiger charge is -2.37. The summed E-state index contributed by atoms with van der Waals surface area (Å²) in [6.07, 6.45) is 0.0190. The number of rotatable bonds is 7. The van der Waals surface area contributed by atoms with Crippen molar-refractivity contribution in [2.75, 3.05) is 14.2 Å². The minimum Gasteiger partial charge on any atom is -0.497 e. The van der Waals surface area contributed by atoms with Crippen LogP contribution in [0.3, 0.4) is 0 Å². The highest BCUT2D eigenvalue weighted by atomic mass is 16.5. The van der Waals surface area contributed by atoms with Crippen LogP contribution in [0.4, 0.5) is 0 Å². The zero-order valence-corrected chi connectivity index (χ0v) is 17.2. The first-order valence-electron chi connectivity index (χ1n) is 9.53. The second kappa shape index (κ2) is 8.49. The number of aryl methyl sites for hydroxylation is 1. The zero-order chi connectivity index (χ0) is 20.1. The third-order valence-corrected chi connectivity index (χ3v) is 4.86. The van der Waals surface area contributed by atoms with Crippen LogP contribution < -0.4 is 9.47 Å². The summed E-state index contributed by atoms with van der Waals surface area (Å²) in [5, 5.41) is 0. The molecule has 0 unspecified atom stereocenters. The van der Waals surface area contributed by atoms with Crippen molar-refractivity contribution in [2.45, 2.75) is 32.5 Å². The van der Waals surface area contributed by atoms with Gasteiger partial charge in [-0.15, -0.1) is 0 Å². The van der Waals surface area contributed by atoms with E-state index in [0.717, 1.165) is 28.2 Å². The van der Waals surface area contributed by atoms with Gasteiger partial charge in [0, 0.05) is 0 Å². The summed E-state index contributed by atoms with van der Waals surface area (Å²) in [4.78, 5) is 0. The largest absolute Gasteiger partial charge is 0.497 e. The van der Waals surface area contributed by atoms with Gasteiger partial charge in [0.25, 0.3) is 0 Å². The molecule has 28 heavy (non-hydrogen) atoms. The molecule has 3 aromatic rings. The molecule has 0 saturated heterocycles. The number of hydrogen-bond donors (Lipinski definition) is 0. The summed E-state index contributed by atoms with van der Waals surface area (Å²) in [5.41, 5.74) is 3.67. The molecular formula is C25H28O3. The maximum absolute atomic E-state index is 6.70. The Labute approximate surface area is 167 Å². The van der Waals surface area contributed by atoms with Crippen molar-refractivity contribution in [1.82, 2.24) is 0 Å². The average molecular weight is 376 g/mol. The molecule has 0 fully saturated rings. The van der Waals surface area contributed by atoms with Crippen molar-refractivity contribution in [1.29, 1.82) is 0 Å². The summed E-state index contributed by atoms with van der Waals surface area (Å²) in [6, 6.07) is 24.8. The van der Waals surface area contributed by atoms with Gasteiger partial charge in [-0.25, -0.2) is 0 Å². The molecule has 3 rings (SSSR count). The van der Waals surface area contributed by atoms with Crippen LogP contribution in [0.5, 0.6) is 11.5 Å². The molecule has 0 N–H and O–H groups in total. The van der Waals surface area contributed by atoms with Crippen LogP contribution in [0.25, 0.3) is 0 Å². The number of ether oxygens (including phenoxy) is 3. The lowest BCUT2D eigenvalue weighted by atomic mass is 9.79. The Morgan fingerprint density at radius 3 is 1.29 bits per heavy atom. The Hall–Kier alpha value is -2.78. The summed E-state index contributed by atoms with van der Waals surface area (Å²) >= 11 is 0. The molecule has 0 aliphatic carbocycles. The molecular weight excluding hydrogens is 348 g/mol. The highest BCUT2D eigenvalue weighted by Gasteiger charge is 2.38. The number of methoxy groups -OCH3 is 2. The van der Waals surface area contributed by atoms with E-state index in [0.29, 0.717) is 0 Å². The van der Waals surface area contributed by atoms with Gasteiger partial charge >= 0.3 is 0 Å². The minimum atomic E-state index is -0.736. The van der Waals surface area contributed by atoms with E-state index in [1.807, 2.05) is 24.3 Å². The highest BCUT2D eigenvalue weighted by molar-refractivity contribution is 5.50. The maximum Gasteiger partial charge on any atom is 0.144 e. The molecule has 3 nitrogen and oxygen atoms in total. The van der Waals surface area contributed by atoms with E-state index in [-0.39, 0.29) is 6.10 Å². The molecule has 0 atom stereocenters. The van der Waals surface area contributed by atoms with Crippen molar-refractivity contribution in [3.8, 4) is 11.5 Å². The summed E-state index contributed by atoms with van der Waals surface area (Å²) in [6.45, 7) is 6.22. The van der Waals surface area contributed by atoms with E-state index in [1.54, 1.807) is 14.2 Å². The van der Waals surface area contributed by atoms with Crippen molar-refractivity contribution < 1.29 is 14.2 Å². The molecule has 3 aromatic carbocycles. The first-order chi connectivity index (χ1) is 13.5. The maximum atomic E-state index is 6.70. The molecule has 3 heteroatoms. The van der Waals surface area contributed by atoms with E-state index < -0.39 is 5.60 Å². The Morgan fingerprint density at radius 1 is 0.607 bits per heavy atom. The van der Waals surface area contributed by atoms with Gasteiger partial charge < -0.3 is 14.2 Å². The van der Waals surface area contributed by atoms with Crippen LogP contribution in [0.2, 0.25) is 0 Å². The molecule has 0 aliphatic rings. The molecule has 0 radical (unpaired) electrons. The Morgan fingerprint density at radius 2 is 0.964 bits per heavy atom. The number of benzene rings is 3. The summed E-state index contributed by atoms with van der Waals surface area (Å²) < 4.78 is 17.4. The first kappa shape index (κ1) is 20.0. The number of hydrogen-bond acceptors (Lipinski definition) is 3. The molecule has 0 bridgehead atoms. The molecule has 0 aromatic heterocycles. The van der Waals surface area contributed by atoms with Gasteiger partial charge in [0.05, 0.1) is 20.3 Å². The predicted molar refractivity (Wildman–Crippen MR) is 113 cm³/mol. The van der Waals surface area contributed by atoms with Crippen LogP contribution in [-0.4, -0.2) is 20.3 Å². The van der Waals surface area contributed by atoms with Gasteiger partial charge in [-0.3, -0.25) is 0 Å². The fraction of sp³-hybridized carbons (Fsp3) is 0.280. The van der Waals surface area contributed by atoms with Gasteiger partial charge in [0.15, 0.2) is 0 Å². The second-order valence-corrected chi connectivity index (χ2v) is 7.17. The third-order valence-electron chi connectivity index (χ3n) is 4.86. The highest BCUT2D eigenvalue weighted by Crippen LogP contribution is 2.42. The molecule has 0 aliphatic heterocycles. The van der Waals surface area contributed by atoms with E-state index in [9.17, 15) is 0 Å². The van der Waals surface area contributed by atoms with Crippen molar-refractivity contribution >= 4 is 0 Å². The fourth-order valence-corrected chi connectivity index (χ4v) is 3.50.